The van der Waals surface area contributed by atoms with Crippen molar-refractivity contribution < 1.29 is 14.3 Å². The van der Waals surface area contributed by atoms with Crippen LogP contribution < -0.4 is 21.3 Å². The van der Waals surface area contributed by atoms with E-state index in [1.807, 2.05) is 0 Å². The van der Waals surface area contributed by atoms with Crippen molar-refractivity contribution in [2.24, 2.45) is 14.1 Å². The zero-order valence-electron chi connectivity index (χ0n) is 16.8. The van der Waals surface area contributed by atoms with Gasteiger partial charge in [-0.05, 0) is 49.2 Å². The number of aryl methyl sites for hydroxylation is 1. The van der Waals surface area contributed by atoms with Crippen LogP contribution in [0.4, 0.5) is 5.69 Å². The van der Waals surface area contributed by atoms with E-state index in [0.29, 0.717) is 18.0 Å². The molecule has 4 rings (SSSR count). The summed E-state index contributed by atoms with van der Waals surface area (Å²) in [6.07, 6.45) is 2.20. The van der Waals surface area contributed by atoms with Crippen molar-refractivity contribution in [2.45, 2.75) is 18.9 Å². The molecule has 0 bridgehead atoms. The third-order valence-corrected chi connectivity index (χ3v) is 5.11. The topological polar surface area (TPSA) is 104 Å². The second-order valence-electron chi connectivity index (χ2n) is 7.20. The SMILES string of the molecule is Cn1c(=O)c2ccc(C(=O)Nc3ccc(OCC4CCCO4)cc3)nc2n(C)c1=O. The highest BCUT2D eigenvalue weighted by atomic mass is 16.5. The van der Waals surface area contributed by atoms with Crippen LogP contribution in [0.25, 0.3) is 11.0 Å². The monoisotopic (exact) mass is 410 g/mol. The highest BCUT2D eigenvalue weighted by Gasteiger charge is 2.16. The van der Waals surface area contributed by atoms with Gasteiger partial charge in [0, 0.05) is 26.4 Å². The van der Waals surface area contributed by atoms with Gasteiger partial charge in [0.2, 0.25) is 0 Å². The van der Waals surface area contributed by atoms with Gasteiger partial charge in [-0.25, -0.2) is 9.78 Å². The number of hydrogen-bond donors (Lipinski definition) is 1. The van der Waals surface area contributed by atoms with Gasteiger partial charge in [0.15, 0.2) is 0 Å². The number of nitrogens with zero attached hydrogens (tertiary/aromatic N) is 3. The summed E-state index contributed by atoms with van der Waals surface area (Å²) in [5, 5.41) is 3.02. The number of aromatic nitrogens is 3. The quantitative estimate of drug-likeness (QED) is 0.683. The maximum Gasteiger partial charge on any atom is 0.332 e. The molecule has 156 valence electrons. The van der Waals surface area contributed by atoms with Crippen LogP contribution in [-0.4, -0.2) is 39.3 Å². The van der Waals surface area contributed by atoms with Crippen molar-refractivity contribution in [1.82, 2.24) is 14.1 Å². The molecule has 1 amide bonds. The molecule has 1 N–H and O–H groups in total. The Morgan fingerprint density at radius 2 is 1.93 bits per heavy atom. The van der Waals surface area contributed by atoms with Crippen LogP contribution in [0.15, 0.2) is 46.0 Å². The van der Waals surface area contributed by atoms with Crippen molar-refractivity contribution in [3.63, 3.8) is 0 Å². The number of benzene rings is 1. The molecule has 3 heterocycles. The van der Waals surface area contributed by atoms with E-state index in [2.05, 4.69) is 10.3 Å². The van der Waals surface area contributed by atoms with Crippen LogP contribution in [0.2, 0.25) is 0 Å². The zero-order valence-corrected chi connectivity index (χ0v) is 16.8. The van der Waals surface area contributed by atoms with E-state index in [0.717, 1.165) is 24.0 Å². The second kappa shape index (κ2) is 8.11. The summed E-state index contributed by atoms with van der Waals surface area (Å²) in [6, 6.07) is 9.96. The molecular formula is C21H22N4O5. The average molecular weight is 410 g/mol. The number of amides is 1. The Morgan fingerprint density at radius 1 is 1.17 bits per heavy atom. The maximum atomic E-state index is 12.6. The fraction of sp³-hybridized carbons (Fsp3) is 0.333. The van der Waals surface area contributed by atoms with Crippen molar-refractivity contribution in [3.8, 4) is 5.75 Å². The van der Waals surface area contributed by atoms with Gasteiger partial charge in [0.05, 0.1) is 11.5 Å². The molecule has 9 heteroatoms. The van der Waals surface area contributed by atoms with Crippen LogP contribution in [0.3, 0.4) is 0 Å². The summed E-state index contributed by atoms with van der Waals surface area (Å²) in [5.74, 6) is 0.247. The number of ether oxygens (including phenoxy) is 2. The Morgan fingerprint density at radius 3 is 2.63 bits per heavy atom. The maximum absolute atomic E-state index is 12.6. The number of anilines is 1. The lowest BCUT2D eigenvalue weighted by Crippen LogP contribution is -2.37. The van der Waals surface area contributed by atoms with E-state index in [9.17, 15) is 14.4 Å². The number of carbonyl (C=O) groups is 1. The van der Waals surface area contributed by atoms with E-state index in [4.69, 9.17) is 9.47 Å². The third kappa shape index (κ3) is 3.84. The molecule has 0 spiro atoms. The molecule has 1 atom stereocenters. The molecular weight excluding hydrogens is 388 g/mol. The minimum Gasteiger partial charge on any atom is -0.491 e. The molecule has 9 nitrogen and oxygen atoms in total. The Hall–Kier alpha value is -3.46. The first-order valence-corrected chi connectivity index (χ1v) is 9.66. The standard InChI is InChI=1S/C21H22N4O5/c1-24-18-16(20(27)25(2)21(24)28)9-10-17(23-18)19(26)22-13-5-7-14(8-6-13)30-12-15-4-3-11-29-15/h5-10,15H,3-4,11-12H2,1-2H3,(H,22,26). The first kappa shape index (κ1) is 19.8. The predicted molar refractivity (Wildman–Crippen MR) is 111 cm³/mol. The van der Waals surface area contributed by atoms with Crippen molar-refractivity contribution in [1.29, 1.82) is 0 Å². The normalized spacial score (nSPS) is 16.0. The lowest BCUT2D eigenvalue weighted by atomic mass is 10.2. The first-order chi connectivity index (χ1) is 14.4. The van der Waals surface area contributed by atoms with Crippen LogP contribution in [0, 0.1) is 0 Å². The zero-order chi connectivity index (χ0) is 21.3. The lowest BCUT2D eigenvalue weighted by molar-refractivity contribution is 0.0679. The van der Waals surface area contributed by atoms with Gasteiger partial charge in [-0.3, -0.25) is 18.7 Å². The predicted octanol–water partition coefficient (Wildman–Crippen LogP) is 1.44. The Labute approximate surface area is 171 Å². The average Bonchev–Trinajstić information content (AvgIpc) is 3.29. The summed E-state index contributed by atoms with van der Waals surface area (Å²) >= 11 is 0. The second-order valence-corrected chi connectivity index (χ2v) is 7.20. The molecule has 1 aromatic carbocycles. The molecule has 0 radical (unpaired) electrons. The number of rotatable bonds is 5. The molecule has 0 aliphatic carbocycles. The minimum atomic E-state index is -0.504. The van der Waals surface area contributed by atoms with Crippen molar-refractivity contribution in [2.75, 3.05) is 18.5 Å². The number of hydrogen-bond acceptors (Lipinski definition) is 6. The van der Waals surface area contributed by atoms with Gasteiger partial charge in [-0.15, -0.1) is 0 Å². The van der Waals surface area contributed by atoms with E-state index < -0.39 is 17.2 Å². The summed E-state index contributed by atoms with van der Waals surface area (Å²) < 4.78 is 13.5. The van der Waals surface area contributed by atoms with Gasteiger partial charge in [-0.2, -0.15) is 0 Å². The van der Waals surface area contributed by atoms with Gasteiger partial charge < -0.3 is 14.8 Å². The van der Waals surface area contributed by atoms with Gasteiger partial charge in [0.25, 0.3) is 11.5 Å². The third-order valence-electron chi connectivity index (χ3n) is 5.11. The van der Waals surface area contributed by atoms with Gasteiger partial charge in [-0.1, -0.05) is 0 Å². The summed E-state index contributed by atoms with van der Waals surface area (Å²) in [7, 11) is 2.91. The number of fused-ring (bicyclic) bond motifs is 1. The molecule has 1 aliphatic rings. The number of pyridine rings is 1. The Bertz CT molecular complexity index is 1210. The number of nitrogens with one attached hydrogen (secondary N) is 1. The van der Waals surface area contributed by atoms with Crippen molar-refractivity contribution in [3.05, 3.63) is 62.9 Å². The molecule has 3 aromatic rings. The molecule has 2 aromatic heterocycles. The Balaban J connectivity index is 1.49. The first-order valence-electron chi connectivity index (χ1n) is 9.66. The van der Waals surface area contributed by atoms with Crippen LogP contribution in [0.1, 0.15) is 23.3 Å². The lowest BCUT2D eigenvalue weighted by Gasteiger charge is -2.12. The van der Waals surface area contributed by atoms with Crippen LogP contribution in [-0.2, 0) is 18.8 Å². The van der Waals surface area contributed by atoms with Crippen LogP contribution in [0.5, 0.6) is 5.75 Å². The minimum absolute atomic E-state index is 0.101. The molecule has 0 saturated carbocycles. The summed E-state index contributed by atoms with van der Waals surface area (Å²) in [5.41, 5.74) is -0.121. The highest BCUT2D eigenvalue weighted by Crippen LogP contribution is 2.19. The van der Waals surface area contributed by atoms with Crippen molar-refractivity contribution >= 4 is 22.6 Å². The Kier molecular flexibility index (Phi) is 5.37. The van der Waals surface area contributed by atoms with Gasteiger partial charge >= 0.3 is 5.69 Å². The van der Waals surface area contributed by atoms with E-state index in [1.54, 1.807) is 24.3 Å². The van der Waals surface area contributed by atoms with Gasteiger partial charge in [0.1, 0.15) is 23.7 Å². The van der Waals surface area contributed by atoms with E-state index >= 15 is 0 Å². The smallest absolute Gasteiger partial charge is 0.332 e. The highest BCUT2D eigenvalue weighted by molar-refractivity contribution is 6.03. The largest absolute Gasteiger partial charge is 0.491 e. The summed E-state index contributed by atoms with van der Waals surface area (Å²) in [6.45, 7) is 1.29. The van der Waals surface area contributed by atoms with E-state index in [-0.39, 0.29) is 22.8 Å². The molecule has 1 aliphatic heterocycles. The fourth-order valence-corrected chi connectivity index (χ4v) is 3.38. The fourth-order valence-electron chi connectivity index (χ4n) is 3.38. The molecule has 1 saturated heterocycles. The summed E-state index contributed by atoms with van der Waals surface area (Å²) in [4.78, 5) is 41.2. The molecule has 1 fully saturated rings. The molecule has 30 heavy (non-hydrogen) atoms. The number of carbonyl (C=O) groups excluding carboxylic acids is 1. The van der Waals surface area contributed by atoms with E-state index in [1.165, 1.54) is 30.8 Å². The molecule has 1 unspecified atom stereocenters. The van der Waals surface area contributed by atoms with Crippen LogP contribution >= 0.6 is 0 Å².